The van der Waals surface area contributed by atoms with Crippen molar-refractivity contribution in [2.24, 2.45) is 0 Å². The molecule has 0 bridgehead atoms. The standard InChI is InChI=1S/C13H7Br2F2NO/c14-8-3-7(4-9(16)5-8)13(19)18-10-1-2-12(17)11(15)6-10/h1-6H,(H,18,19). The van der Waals surface area contributed by atoms with Crippen molar-refractivity contribution in [1.29, 1.82) is 0 Å². The quantitative estimate of drug-likeness (QED) is 0.788. The predicted molar refractivity (Wildman–Crippen MR) is 76.2 cm³/mol. The third-order valence-corrected chi connectivity index (χ3v) is 3.37. The Balaban J connectivity index is 2.22. The van der Waals surface area contributed by atoms with Crippen LogP contribution in [0.2, 0.25) is 0 Å². The summed E-state index contributed by atoms with van der Waals surface area (Å²) >= 11 is 6.13. The zero-order valence-corrected chi connectivity index (χ0v) is 12.6. The van der Waals surface area contributed by atoms with Crippen LogP contribution in [0.5, 0.6) is 0 Å². The van der Waals surface area contributed by atoms with Gasteiger partial charge in [0, 0.05) is 15.7 Å². The van der Waals surface area contributed by atoms with Crippen molar-refractivity contribution in [2.75, 3.05) is 5.32 Å². The summed E-state index contributed by atoms with van der Waals surface area (Å²) in [5.74, 6) is -1.41. The normalized spacial score (nSPS) is 10.3. The maximum absolute atomic E-state index is 13.2. The van der Waals surface area contributed by atoms with Crippen LogP contribution in [0.4, 0.5) is 14.5 Å². The third kappa shape index (κ3) is 3.61. The minimum absolute atomic E-state index is 0.173. The molecule has 0 heterocycles. The first-order chi connectivity index (χ1) is 8.95. The lowest BCUT2D eigenvalue weighted by Crippen LogP contribution is -2.12. The van der Waals surface area contributed by atoms with Gasteiger partial charge in [0.15, 0.2) is 0 Å². The predicted octanol–water partition coefficient (Wildman–Crippen LogP) is 4.74. The molecule has 1 N–H and O–H groups in total. The molecule has 0 unspecified atom stereocenters. The molecule has 0 saturated carbocycles. The zero-order valence-electron chi connectivity index (χ0n) is 9.38. The van der Waals surface area contributed by atoms with Gasteiger partial charge < -0.3 is 5.32 Å². The molecule has 0 aliphatic rings. The van der Waals surface area contributed by atoms with E-state index in [1.807, 2.05) is 0 Å². The fourth-order valence-corrected chi connectivity index (χ4v) is 2.31. The van der Waals surface area contributed by atoms with Gasteiger partial charge in [-0.25, -0.2) is 8.78 Å². The monoisotopic (exact) mass is 389 g/mol. The van der Waals surface area contributed by atoms with E-state index >= 15 is 0 Å². The van der Waals surface area contributed by atoms with Crippen LogP contribution in [0.15, 0.2) is 45.3 Å². The summed E-state index contributed by atoms with van der Waals surface area (Å²) in [4.78, 5) is 11.9. The van der Waals surface area contributed by atoms with E-state index in [0.717, 1.165) is 6.07 Å². The van der Waals surface area contributed by atoms with Gasteiger partial charge in [0.05, 0.1) is 4.47 Å². The zero-order chi connectivity index (χ0) is 14.0. The molecule has 19 heavy (non-hydrogen) atoms. The van der Waals surface area contributed by atoms with Gasteiger partial charge in [-0.15, -0.1) is 0 Å². The number of rotatable bonds is 2. The van der Waals surface area contributed by atoms with E-state index in [9.17, 15) is 13.6 Å². The van der Waals surface area contributed by atoms with E-state index < -0.39 is 17.5 Å². The van der Waals surface area contributed by atoms with Crippen LogP contribution < -0.4 is 5.32 Å². The van der Waals surface area contributed by atoms with Crippen LogP contribution in [0.3, 0.4) is 0 Å². The van der Waals surface area contributed by atoms with Gasteiger partial charge in [0.1, 0.15) is 11.6 Å². The van der Waals surface area contributed by atoms with Gasteiger partial charge in [-0.05, 0) is 52.3 Å². The number of hydrogen-bond acceptors (Lipinski definition) is 1. The average Bonchev–Trinajstić information content (AvgIpc) is 2.32. The second-order valence-corrected chi connectivity index (χ2v) is 5.51. The molecule has 0 aliphatic heterocycles. The summed E-state index contributed by atoms with van der Waals surface area (Å²) in [5, 5.41) is 2.56. The molecule has 2 nitrogen and oxygen atoms in total. The highest BCUT2D eigenvalue weighted by molar-refractivity contribution is 9.10. The van der Waals surface area contributed by atoms with E-state index in [1.165, 1.54) is 30.3 Å². The molecule has 0 atom stereocenters. The number of halogens is 4. The average molecular weight is 391 g/mol. The first-order valence-electron chi connectivity index (χ1n) is 5.18. The highest BCUT2D eigenvalue weighted by Gasteiger charge is 2.09. The van der Waals surface area contributed by atoms with Crippen molar-refractivity contribution in [3.8, 4) is 0 Å². The Morgan fingerprint density at radius 1 is 1.05 bits per heavy atom. The lowest BCUT2D eigenvalue weighted by atomic mass is 10.2. The van der Waals surface area contributed by atoms with Crippen molar-refractivity contribution >= 4 is 43.5 Å². The molecular weight excluding hydrogens is 384 g/mol. The Kier molecular flexibility index (Phi) is 4.31. The van der Waals surface area contributed by atoms with Gasteiger partial charge in [-0.2, -0.15) is 0 Å². The molecule has 0 saturated heterocycles. The van der Waals surface area contributed by atoms with Gasteiger partial charge >= 0.3 is 0 Å². The highest BCUT2D eigenvalue weighted by atomic mass is 79.9. The van der Waals surface area contributed by atoms with Crippen molar-refractivity contribution in [3.05, 3.63) is 62.5 Å². The molecule has 98 valence electrons. The number of carbonyl (C=O) groups excluding carboxylic acids is 1. The molecule has 0 aromatic heterocycles. The molecule has 2 aromatic rings. The van der Waals surface area contributed by atoms with Crippen LogP contribution in [0.1, 0.15) is 10.4 Å². The number of anilines is 1. The number of carbonyl (C=O) groups is 1. The Labute approximate surface area is 125 Å². The van der Waals surface area contributed by atoms with Crippen LogP contribution in [0, 0.1) is 11.6 Å². The first-order valence-corrected chi connectivity index (χ1v) is 6.77. The summed E-state index contributed by atoms with van der Waals surface area (Å²) < 4.78 is 26.9. The molecule has 1 amide bonds. The Morgan fingerprint density at radius 3 is 2.42 bits per heavy atom. The van der Waals surface area contributed by atoms with Gasteiger partial charge in [-0.1, -0.05) is 15.9 Å². The summed E-state index contributed by atoms with van der Waals surface area (Å²) in [6, 6.07) is 7.95. The SMILES string of the molecule is O=C(Nc1ccc(F)c(Br)c1)c1cc(F)cc(Br)c1. The van der Waals surface area contributed by atoms with Gasteiger partial charge in [0.25, 0.3) is 5.91 Å². The van der Waals surface area contributed by atoms with E-state index in [2.05, 4.69) is 37.2 Å². The lowest BCUT2D eigenvalue weighted by Gasteiger charge is -2.06. The van der Waals surface area contributed by atoms with Crippen LogP contribution in [-0.2, 0) is 0 Å². The Hall–Kier alpha value is -1.27. The van der Waals surface area contributed by atoms with E-state index in [4.69, 9.17) is 0 Å². The van der Waals surface area contributed by atoms with Crippen LogP contribution >= 0.6 is 31.9 Å². The Bertz CT molecular complexity index is 626. The van der Waals surface area contributed by atoms with E-state index in [1.54, 1.807) is 0 Å². The second kappa shape index (κ2) is 5.79. The maximum Gasteiger partial charge on any atom is 0.255 e. The number of nitrogens with one attached hydrogen (secondary N) is 1. The van der Waals surface area contributed by atoms with Crippen LogP contribution in [0.25, 0.3) is 0 Å². The van der Waals surface area contributed by atoms with E-state index in [-0.39, 0.29) is 10.0 Å². The Morgan fingerprint density at radius 2 is 1.79 bits per heavy atom. The summed E-state index contributed by atoms with van der Waals surface area (Å²) in [6.45, 7) is 0. The smallest absolute Gasteiger partial charge is 0.255 e. The number of hydrogen-bond donors (Lipinski definition) is 1. The second-order valence-electron chi connectivity index (χ2n) is 3.74. The molecule has 2 aromatic carbocycles. The van der Waals surface area contributed by atoms with Crippen molar-refractivity contribution in [1.82, 2.24) is 0 Å². The van der Waals surface area contributed by atoms with Crippen LogP contribution in [-0.4, -0.2) is 5.91 Å². The van der Waals surface area contributed by atoms with Gasteiger partial charge in [0.2, 0.25) is 0 Å². The van der Waals surface area contributed by atoms with Crippen molar-refractivity contribution < 1.29 is 13.6 Å². The topological polar surface area (TPSA) is 29.1 Å². The highest BCUT2D eigenvalue weighted by Crippen LogP contribution is 2.21. The van der Waals surface area contributed by atoms with Gasteiger partial charge in [-0.3, -0.25) is 4.79 Å². The molecule has 2 rings (SSSR count). The van der Waals surface area contributed by atoms with Crippen molar-refractivity contribution in [2.45, 2.75) is 0 Å². The minimum atomic E-state index is -0.514. The molecular formula is C13H7Br2F2NO. The minimum Gasteiger partial charge on any atom is -0.322 e. The molecule has 6 heteroatoms. The lowest BCUT2D eigenvalue weighted by molar-refractivity contribution is 0.102. The summed E-state index contributed by atoms with van der Waals surface area (Å²) in [7, 11) is 0. The molecule has 0 fully saturated rings. The molecule has 0 radical (unpaired) electrons. The summed E-state index contributed by atoms with van der Waals surface area (Å²) in [5.41, 5.74) is 0.589. The fourth-order valence-electron chi connectivity index (χ4n) is 1.46. The van der Waals surface area contributed by atoms with Crippen molar-refractivity contribution in [3.63, 3.8) is 0 Å². The molecule has 0 aliphatic carbocycles. The number of benzene rings is 2. The molecule has 0 spiro atoms. The largest absolute Gasteiger partial charge is 0.322 e. The maximum atomic E-state index is 13.2. The fraction of sp³-hybridized carbons (Fsp3) is 0. The number of amides is 1. The summed E-state index contributed by atoms with van der Waals surface area (Å²) in [6.07, 6.45) is 0. The first kappa shape index (κ1) is 14.1. The van der Waals surface area contributed by atoms with E-state index in [0.29, 0.717) is 10.2 Å². The third-order valence-electron chi connectivity index (χ3n) is 2.30.